The van der Waals surface area contributed by atoms with E-state index in [-0.39, 0.29) is 18.2 Å². The summed E-state index contributed by atoms with van der Waals surface area (Å²) in [6.07, 6.45) is -0.803. The van der Waals surface area contributed by atoms with Gasteiger partial charge in [0.15, 0.2) is 11.6 Å². The van der Waals surface area contributed by atoms with E-state index in [1.54, 1.807) is 63.2 Å². The Labute approximate surface area is 242 Å². The third-order valence-corrected chi connectivity index (χ3v) is 6.20. The van der Waals surface area contributed by atoms with Crippen LogP contribution in [0.2, 0.25) is 0 Å². The van der Waals surface area contributed by atoms with Crippen molar-refractivity contribution >= 4 is 23.6 Å². The van der Waals surface area contributed by atoms with E-state index in [9.17, 15) is 24.3 Å². The van der Waals surface area contributed by atoms with E-state index < -0.39 is 48.7 Å². The molecule has 0 unspecified atom stereocenters. The normalized spacial score (nSPS) is 12.2. The van der Waals surface area contributed by atoms with Crippen LogP contribution in [0.4, 0.5) is 0 Å². The maximum Gasteiger partial charge on any atom is 0.305 e. The number of amides is 2. The molecular formula is C29H34N4O9. The zero-order valence-electron chi connectivity index (χ0n) is 24.0. The van der Waals surface area contributed by atoms with E-state index in [1.165, 1.54) is 14.2 Å². The lowest BCUT2D eigenvalue weighted by Crippen LogP contribution is -2.54. The van der Waals surface area contributed by atoms with Gasteiger partial charge in [-0.3, -0.25) is 19.2 Å². The number of carboxylic acid groups (broad SMARTS) is 1. The summed E-state index contributed by atoms with van der Waals surface area (Å²) in [5, 5.41) is 18.3. The number of methoxy groups -OCH3 is 2. The molecule has 3 aromatic rings. The minimum Gasteiger partial charge on any atom is -0.497 e. The standard InChI is InChI=1S/C29H34N4O9/c1-16(2)27(32-25(35)13-19-12-18(6-11-24(19)40-5)29-30-17(3)33-42-29)28(38)31-22(14-26(36)37)23(34)15-41-21-9-7-20(39-4)8-10-21/h6-12,16,22,27H,13-15H2,1-5H3,(H,31,38)(H,32,35)(H,36,37)/t22-,27-/m0/s1. The summed E-state index contributed by atoms with van der Waals surface area (Å²) in [5.74, 6) is -1.38. The number of aliphatic carboxylic acids is 1. The van der Waals surface area contributed by atoms with E-state index in [2.05, 4.69) is 20.8 Å². The van der Waals surface area contributed by atoms with Crippen LogP contribution in [0.15, 0.2) is 47.0 Å². The summed E-state index contributed by atoms with van der Waals surface area (Å²) in [6.45, 7) is 4.64. The van der Waals surface area contributed by atoms with Gasteiger partial charge in [-0.1, -0.05) is 19.0 Å². The molecule has 13 nitrogen and oxygen atoms in total. The number of aryl methyl sites for hydroxylation is 1. The number of ketones is 1. The number of aromatic nitrogens is 2. The molecule has 0 saturated heterocycles. The molecule has 2 amide bonds. The number of carbonyl (C=O) groups excluding carboxylic acids is 3. The van der Waals surface area contributed by atoms with Crippen LogP contribution in [0.3, 0.4) is 0 Å². The number of benzene rings is 2. The van der Waals surface area contributed by atoms with Crippen LogP contribution in [-0.4, -0.2) is 71.7 Å². The van der Waals surface area contributed by atoms with Crippen molar-refractivity contribution < 1.29 is 43.0 Å². The molecule has 0 fully saturated rings. The number of carboxylic acids is 1. The monoisotopic (exact) mass is 582 g/mol. The summed E-state index contributed by atoms with van der Waals surface area (Å²) in [7, 11) is 2.98. The van der Waals surface area contributed by atoms with Crippen LogP contribution in [0.1, 0.15) is 31.7 Å². The smallest absolute Gasteiger partial charge is 0.305 e. The molecule has 0 radical (unpaired) electrons. The average Bonchev–Trinajstić information content (AvgIpc) is 3.40. The Morgan fingerprint density at radius 1 is 0.976 bits per heavy atom. The molecule has 224 valence electrons. The van der Waals surface area contributed by atoms with Crippen LogP contribution < -0.4 is 24.8 Å². The molecule has 2 aromatic carbocycles. The Hall–Kier alpha value is -4.94. The van der Waals surface area contributed by atoms with Gasteiger partial charge in [0.1, 0.15) is 35.9 Å². The number of hydrogen-bond acceptors (Lipinski definition) is 10. The van der Waals surface area contributed by atoms with E-state index in [4.69, 9.17) is 18.7 Å². The molecule has 0 aliphatic heterocycles. The van der Waals surface area contributed by atoms with Crippen molar-refractivity contribution in [2.75, 3.05) is 20.8 Å². The molecule has 3 rings (SSSR count). The van der Waals surface area contributed by atoms with Crippen LogP contribution in [-0.2, 0) is 25.6 Å². The number of rotatable bonds is 15. The van der Waals surface area contributed by atoms with Crippen molar-refractivity contribution in [3.05, 3.63) is 53.9 Å². The maximum atomic E-state index is 13.2. The van der Waals surface area contributed by atoms with Crippen LogP contribution in [0.5, 0.6) is 17.2 Å². The zero-order chi connectivity index (χ0) is 30.8. The van der Waals surface area contributed by atoms with Crippen molar-refractivity contribution in [1.29, 1.82) is 0 Å². The quantitative estimate of drug-likeness (QED) is 0.239. The van der Waals surface area contributed by atoms with Gasteiger partial charge in [-0.05, 0) is 55.3 Å². The van der Waals surface area contributed by atoms with Gasteiger partial charge in [0.25, 0.3) is 5.89 Å². The predicted octanol–water partition coefficient (Wildman–Crippen LogP) is 2.35. The largest absolute Gasteiger partial charge is 0.497 e. The minimum atomic E-state index is -1.37. The van der Waals surface area contributed by atoms with Gasteiger partial charge in [0, 0.05) is 11.1 Å². The van der Waals surface area contributed by atoms with Crippen LogP contribution in [0, 0.1) is 12.8 Å². The fourth-order valence-corrected chi connectivity index (χ4v) is 4.00. The first-order chi connectivity index (χ1) is 20.0. The van der Waals surface area contributed by atoms with Gasteiger partial charge in [-0.15, -0.1) is 0 Å². The lowest BCUT2D eigenvalue weighted by Gasteiger charge is -2.25. The first-order valence-corrected chi connectivity index (χ1v) is 13.1. The molecule has 0 spiro atoms. The number of carbonyl (C=O) groups is 4. The topological polar surface area (TPSA) is 179 Å². The van der Waals surface area contributed by atoms with Crippen molar-refractivity contribution in [2.45, 2.75) is 45.7 Å². The van der Waals surface area contributed by atoms with Crippen molar-refractivity contribution in [1.82, 2.24) is 20.8 Å². The van der Waals surface area contributed by atoms with Gasteiger partial charge in [-0.25, -0.2) is 0 Å². The van der Waals surface area contributed by atoms with E-state index in [1.807, 2.05) is 0 Å². The third-order valence-electron chi connectivity index (χ3n) is 6.20. The van der Waals surface area contributed by atoms with E-state index >= 15 is 0 Å². The fraction of sp³-hybridized carbons (Fsp3) is 0.379. The highest BCUT2D eigenvalue weighted by Gasteiger charge is 2.30. The van der Waals surface area contributed by atoms with E-state index in [0.29, 0.717) is 34.2 Å². The first kappa shape index (κ1) is 31.6. The van der Waals surface area contributed by atoms with Gasteiger partial charge in [0.2, 0.25) is 11.8 Å². The molecule has 42 heavy (non-hydrogen) atoms. The highest BCUT2D eigenvalue weighted by molar-refractivity contribution is 5.95. The molecule has 0 aliphatic rings. The van der Waals surface area contributed by atoms with Crippen LogP contribution in [0.25, 0.3) is 11.5 Å². The number of nitrogens with zero attached hydrogens (tertiary/aromatic N) is 2. The molecule has 0 saturated carbocycles. The van der Waals surface area contributed by atoms with Crippen molar-refractivity contribution in [3.8, 4) is 28.7 Å². The summed E-state index contributed by atoms with van der Waals surface area (Å²) >= 11 is 0. The molecule has 1 heterocycles. The lowest BCUT2D eigenvalue weighted by atomic mass is 10.0. The SMILES string of the molecule is COc1ccc(OCC(=O)[C@H](CC(=O)O)NC(=O)[C@@H](NC(=O)Cc2cc(-c3nc(C)no3)ccc2OC)C(C)C)cc1. The van der Waals surface area contributed by atoms with Gasteiger partial charge >= 0.3 is 5.97 Å². The first-order valence-electron chi connectivity index (χ1n) is 13.1. The summed E-state index contributed by atoms with van der Waals surface area (Å²) in [6, 6.07) is 9.10. The highest BCUT2D eigenvalue weighted by atomic mass is 16.5. The summed E-state index contributed by atoms with van der Waals surface area (Å²) in [4.78, 5) is 54.8. The average molecular weight is 583 g/mol. The highest BCUT2D eigenvalue weighted by Crippen LogP contribution is 2.26. The predicted molar refractivity (Wildman–Crippen MR) is 149 cm³/mol. The number of ether oxygens (including phenoxy) is 3. The van der Waals surface area contributed by atoms with E-state index in [0.717, 1.165) is 0 Å². The second kappa shape index (κ2) is 14.6. The summed E-state index contributed by atoms with van der Waals surface area (Å²) < 4.78 is 21.1. The second-order valence-electron chi connectivity index (χ2n) is 9.73. The number of hydrogen-bond donors (Lipinski definition) is 3. The third kappa shape index (κ3) is 8.78. The Morgan fingerprint density at radius 2 is 1.67 bits per heavy atom. The molecule has 3 N–H and O–H groups in total. The van der Waals surface area contributed by atoms with Crippen molar-refractivity contribution in [3.63, 3.8) is 0 Å². The number of Topliss-reactive ketones (excluding diaryl/α,β-unsaturated/α-hetero) is 1. The Kier molecular flexibility index (Phi) is 11.0. The molecular weight excluding hydrogens is 548 g/mol. The van der Waals surface area contributed by atoms with Gasteiger partial charge in [-0.2, -0.15) is 4.98 Å². The minimum absolute atomic E-state index is 0.145. The molecule has 2 atom stereocenters. The maximum absolute atomic E-state index is 13.2. The zero-order valence-corrected chi connectivity index (χ0v) is 24.0. The number of nitrogens with one attached hydrogen (secondary N) is 2. The molecule has 1 aromatic heterocycles. The Balaban J connectivity index is 1.68. The molecule has 0 bridgehead atoms. The second-order valence-corrected chi connectivity index (χ2v) is 9.73. The van der Waals surface area contributed by atoms with Crippen molar-refractivity contribution in [2.24, 2.45) is 5.92 Å². The van der Waals surface area contributed by atoms with Crippen LogP contribution >= 0.6 is 0 Å². The fourth-order valence-electron chi connectivity index (χ4n) is 4.00. The van der Waals surface area contributed by atoms with Gasteiger partial charge in [0.05, 0.1) is 27.1 Å². The lowest BCUT2D eigenvalue weighted by molar-refractivity contribution is -0.141. The molecule has 0 aliphatic carbocycles. The van der Waals surface area contributed by atoms with Gasteiger partial charge < -0.3 is 34.5 Å². The molecule has 13 heteroatoms. The Morgan fingerprint density at radius 3 is 2.24 bits per heavy atom. The summed E-state index contributed by atoms with van der Waals surface area (Å²) in [5.41, 5.74) is 1.10. The Bertz CT molecular complexity index is 1400.